The Morgan fingerprint density at radius 2 is 1.35 bits per heavy atom. The zero-order valence-corrected chi connectivity index (χ0v) is 20.2. The van der Waals surface area contributed by atoms with Crippen molar-refractivity contribution in [3.63, 3.8) is 0 Å². The first kappa shape index (κ1) is 28.8. The Kier molecular flexibility index (Phi) is 22.6. The van der Waals surface area contributed by atoms with Crippen molar-refractivity contribution >= 4 is 10.4 Å². The van der Waals surface area contributed by atoms with Gasteiger partial charge in [0.15, 0.2) is 0 Å². The second-order valence-corrected chi connectivity index (χ2v) is 8.05. The Labute approximate surface area is 184 Å². The average Bonchev–Trinajstić information content (AvgIpc) is 2.56. The van der Waals surface area contributed by atoms with Gasteiger partial charge in [0.2, 0.25) is 10.4 Å². The molecule has 0 aromatic rings. The van der Waals surface area contributed by atoms with Crippen molar-refractivity contribution < 1.29 is 46.7 Å². The molecule has 0 N–H and O–H groups in total. The van der Waals surface area contributed by atoms with E-state index in [-0.39, 0.29) is 42.1 Å². The van der Waals surface area contributed by atoms with Crippen LogP contribution in [-0.2, 0) is 14.6 Å². The molecule has 6 heteroatoms. The molecule has 0 amide bonds. The summed E-state index contributed by atoms with van der Waals surface area (Å²) in [7, 11) is -4.59. The third-order valence-corrected chi connectivity index (χ3v) is 4.91. The smallest absolute Gasteiger partial charge is 0.726 e. The zero-order valence-electron chi connectivity index (χ0n) is 17.4. The Balaban J connectivity index is 0. The van der Waals surface area contributed by atoms with Crippen molar-refractivity contribution in [1.29, 1.82) is 0 Å². The molecule has 0 saturated carbocycles. The van der Waals surface area contributed by atoms with Crippen LogP contribution in [0.2, 0.25) is 0 Å². The van der Waals surface area contributed by atoms with Gasteiger partial charge in [-0.05, 0) is 19.3 Å². The monoisotopic (exact) mass is 398 g/mol. The van der Waals surface area contributed by atoms with E-state index < -0.39 is 10.4 Å². The molecule has 0 aromatic heterocycles. The van der Waals surface area contributed by atoms with Crippen molar-refractivity contribution in [2.45, 2.75) is 104 Å². The SMILES string of the molecule is CCCCC/C=C/C(CCCCCCCCCCC)COS(=O)(=O)[O-].[Na+]. The van der Waals surface area contributed by atoms with Gasteiger partial charge in [-0.3, -0.25) is 4.18 Å². The van der Waals surface area contributed by atoms with Crippen molar-refractivity contribution in [3.05, 3.63) is 12.2 Å². The van der Waals surface area contributed by atoms with Gasteiger partial charge in [0.25, 0.3) is 0 Å². The van der Waals surface area contributed by atoms with Gasteiger partial charge in [-0.15, -0.1) is 0 Å². The average molecular weight is 399 g/mol. The molecule has 0 heterocycles. The van der Waals surface area contributed by atoms with Gasteiger partial charge < -0.3 is 4.55 Å². The number of rotatable bonds is 18. The molecule has 0 aromatic carbocycles. The van der Waals surface area contributed by atoms with E-state index in [1.165, 1.54) is 57.8 Å². The predicted octanol–water partition coefficient (Wildman–Crippen LogP) is 3.14. The molecule has 0 radical (unpaired) electrons. The zero-order chi connectivity index (χ0) is 18.8. The topological polar surface area (TPSA) is 66.4 Å². The molecule has 1 unspecified atom stereocenters. The molecule has 150 valence electrons. The minimum atomic E-state index is -4.59. The molecule has 4 nitrogen and oxygen atoms in total. The van der Waals surface area contributed by atoms with E-state index in [0.717, 1.165) is 32.1 Å². The van der Waals surface area contributed by atoms with Gasteiger partial charge in [-0.25, -0.2) is 8.42 Å². The van der Waals surface area contributed by atoms with Crippen LogP contribution in [0.15, 0.2) is 12.2 Å². The number of hydrogen-bond acceptors (Lipinski definition) is 4. The van der Waals surface area contributed by atoms with E-state index in [2.05, 4.69) is 24.1 Å². The summed E-state index contributed by atoms with van der Waals surface area (Å²) >= 11 is 0. The fourth-order valence-electron chi connectivity index (χ4n) is 2.92. The summed E-state index contributed by atoms with van der Waals surface area (Å²) in [6, 6.07) is 0. The van der Waals surface area contributed by atoms with E-state index in [1.807, 2.05) is 6.08 Å². The second kappa shape index (κ2) is 20.3. The molecule has 0 fully saturated rings. The van der Waals surface area contributed by atoms with Crippen LogP contribution in [-0.4, -0.2) is 19.6 Å². The summed E-state index contributed by atoms with van der Waals surface area (Å²) in [6.45, 7) is 4.38. The third-order valence-electron chi connectivity index (χ3n) is 4.49. The molecule has 0 aliphatic carbocycles. The van der Waals surface area contributed by atoms with Crippen LogP contribution in [0, 0.1) is 5.92 Å². The molecule has 26 heavy (non-hydrogen) atoms. The standard InChI is InChI=1S/C20H40O4S.Na/c1-3-5-7-9-10-11-12-14-16-18-20(19-24-25(21,22)23)17-15-13-8-6-4-2;/h15,17,20H,3-14,16,18-19H2,1-2H3,(H,21,22,23);/q;+1/p-1/b17-15+;. The predicted molar refractivity (Wildman–Crippen MR) is 104 cm³/mol. The molecular formula is C20H39NaO4S. The fraction of sp³-hybridized carbons (Fsp3) is 0.900. The third kappa shape index (κ3) is 22.7. The van der Waals surface area contributed by atoms with Gasteiger partial charge in [0.1, 0.15) is 0 Å². The van der Waals surface area contributed by atoms with Crippen LogP contribution in [0.4, 0.5) is 0 Å². The maximum atomic E-state index is 10.7. The van der Waals surface area contributed by atoms with Crippen LogP contribution < -0.4 is 29.6 Å². The van der Waals surface area contributed by atoms with E-state index in [0.29, 0.717) is 0 Å². The van der Waals surface area contributed by atoms with Crippen LogP contribution in [0.25, 0.3) is 0 Å². The van der Waals surface area contributed by atoms with Crippen molar-refractivity contribution in [2.75, 3.05) is 6.61 Å². The fourth-order valence-corrected chi connectivity index (χ4v) is 3.27. The van der Waals surface area contributed by atoms with E-state index in [4.69, 9.17) is 0 Å². The maximum absolute atomic E-state index is 10.7. The van der Waals surface area contributed by atoms with Crippen LogP contribution >= 0.6 is 0 Å². The molecule has 0 aliphatic rings. The minimum absolute atomic E-state index is 0. The first-order valence-corrected chi connectivity index (χ1v) is 11.6. The maximum Gasteiger partial charge on any atom is 1.00 e. The van der Waals surface area contributed by atoms with E-state index >= 15 is 0 Å². The summed E-state index contributed by atoms with van der Waals surface area (Å²) in [5, 5.41) is 0. The van der Waals surface area contributed by atoms with Crippen LogP contribution in [0.1, 0.15) is 104 Å². The summed E-state index contributed by atoms with van der Waals surface area (Å²) < 4.78 is 36.5. The minimum Gasteiger partial charge on any atom is -0.726 e. The normalized spacial score (nSPS) is 13.0. The summed E-state index contributed by atoms with van der Waals surface area (Å²) in [4.78, 5) is 0. The molecule has 0 saturated heterocycles. The Morgan fingerprint density at radius 3 is 1.88 bits per heavy atom. The Bertz CT molecular complexity index is 410. The number of hydrogen-bond donors (Lipinski definition) is 0. The van der Waals surface area contributed by atoms with Gasteiger partial charge in [-0.1, -0.05) is 96.6 Å². The molecular weight excluding hydrogens is 359 g/mol. The summed E-state index contributed by atoms with van der Waals surface area (Å²) in [6.07, 6.45) is 21.0. The van der Waals surface area contributed by atoms with Crippen LogP contribution in [0.5, 0.6) is 0 Å². The first-order valence-electron chi connectivity index (χ1n) is 10.3. The van der Waals surface area contributed by atoms with Crippen LogP contribution in [0.3, 0.4) is 0 Å². The van der Waals surface area contributed by atoms with Crippen molar-refractivity contribution in [1.82, 2.24) is 0 Å². The summed E-state index contributed by atoms with van der Waals surface area (Å²) in [5.74, 6) is 0.0231. The molecule has 0 rings (SSSR count). The van der Waals surface area contributed by atoms with Crippen molar-refractivity contribution in [2.24, 2.45) is 5.92 Å². The van der Waals surface area contributed by atoms with Gasteiger partial charge in [0.05, 0.1) is 6.61 Å². The van der Waals surface area contributed by atoms with Gasteiger partial charge in [-0.2, -0.15) is 0 Å². The number of allylic oxidation sites excluding steroid dienone is 1. The Hall–Kier alpha value is 0.610. The molecule has 0 aliphatic heterocycles. The van der Waals surface area contributed by atoms with Crippen molar-refractivity contribution in [3.8, 4) is 0 Å². The summed E-state index contributed by atoms with van der Waals surface area (Å²) in [5.41, 5.74) is 0. The second-order valence-electron chi connectivity index (χ2n) is 6.99. The van der Waals surface area contributed by atoms with Gasteiger partial charge in [0, 0.05) is 5.92 Å². The number of unbranched alkanes of at least 4 members (excludes halogenated alkanes) is 11. The van der Waals surface area contributed by atoms with E-state index in [1.54, 1.807) is 0 Å². The van der Waals surface area contributed by atoms with Gasteiger partial charge >= 0.3 is 29.6 Å². The molecule has 0 bridgehead atoms. The molecule has 1 atom stereocenters. The van der Waals surface area contributed by atoms with E-state index in [9.17, 15) is 13.0 Å². The quantitative estimate of drug-likeness (QED) is 0.117. The largest absolute Gasteiger partial charge is 1.00 e. The Morgan fingerprint density at radius 1 is 0.846 bits per heavy atom. The first-order chi connectivity index (χ1) is 12.0. The molecule has 0 spiro atoms.